The third-order valence-corrected chi connectivity index (χ3v) is 6.08. The summed E-state index contributed by atoms with van der Waals surface area (Å²) in [6.45, 7) is 2.34. The highest BCUT2D eigenvalue weighted by atomic mass is 14.8. The van der Waals surface area contributed by atoms with E-state index < -0.39 is 0 Å². The van der Waals surface area contributed by atoms with Gasteiger partial charge in [0.1, 0.15) is 0 Å². The highest BCUT2D eigenvalue weighted by Gasteiger charge is 2.57. The predicted molar refractivity (Wildman–Crippen MR) is 68.1 cm³/mol. The van der Waals surface area contributed by atoms with Crippen LogP contribution in [0, 0.1) is 23.2 Å². The van der Waals surface area contributed by atoms with E-state index in [0.29, 0.717) is 11.5 Å². The van der Waals surface area contributed by atoms with E-state index >= 15 is 0 Å². The Hall–Kier alpha value is -0.0400. The van der Waals surface area contributed by atoms with E-state index in [4.69, 9.17) is 5.73 Å². The van der Waals surface area contributed by atoms with Gasteiger partial charge in [0.25, 0.3) is 0 Å². The molecule has 0 radical (unpaired) electrons. The van der Waals surface area contributed by atoms with Crippen LogP contribution in [-0.2, 0) is 0 Å². The summed E-state index contributed by atoms with van der Waals surface area (Å²) in [7, 11) is 0. The molecule has 0 aromatic rings. The van der Waals surface area contributed by atoms with Gasteiger partial charge in [-0.25, -0.2) is 0 Å². The summed E-state index contributed by atoms with van der Waals surface area (Å²) in [5.41, 5.74) is 7.19. The second-order valence-corrected chi connectivity index (χ2v) is 6.78. The van der Waals surface area contributed by atoms with Gasteiger partial charge < -0.3 is 5.73 Å². The van der Waals surface area contributed by atoms with Gasteiger partial charge in [-0.3, -0.25) is 0 Å². The molecule has 1 spiro atoms. The molecule has 0 heterocycles. The van der Waals surface area contributed by atoms with Crippen LogP contribution in [-0.4, -0.2) is 6.04 Å². The van der Waals surface area contributed by atoms with Gasteiger partial charge in [0.15, 0.2) is 0 Å². The maximum absolute atomic E-state index is 6.59. The van der Waals surface area contributed by atoms with Crippen LogP contribution < -0.4 is 5.73 Å². The molecular weight excluding hydrogens is 194 g/mol. The first-order valence-electron chi connectivity index (χ1n) is 7.52. The normalized spacial score (nSPS) is 51.4. The van der Waals surface area contributed by atoms with Crippen LogP contribution in [0.3, 0.4) is 0 Å². The summed E-state index contributed by atoms with van der Waals surface area (Å²) in [4.78, 5) is 0. The second-order valence-electron chi connectivity index (χ2n) is 6.78. The average molecular weight is 221 g/mol. The molecule has 1 nitrogen and oxygen atoms in total. The van der Waals surface area contributed by atoms with E-state index in [-0.39, 0.29) is 0 Å². The van der Waals surface area contributed by atoms with Crippen LogP contribution in [0.15, 0.2) is 0 Å². The van der Waals surface area contributed by atoms with Crippen LogP contribution in [0.5, 0.6) is 0 Å². The molecule has 0 aliphatic heterocycles. The van der Waals surface area contributed by atoms with Crippen molar-refractivity contribution in [2.45, 2.75) is 70.8 Å². The summed E-state index contributed by atoms with van der Waals surface area (Å²) in [6.07, 6.45) is 13.1. The first-order chi connectivity index (χ1) is 7.76. The number of nitrogens with two attached hydrogens (primary N) is 1. The molecule has 3 fully saturated rings. The Bertz CT molecular complexity index is 256. The van der Waals surface area contributed by atoms with Gasteiger partial charge in [0, 0.05) is 6.04 Å². The van der Waals surface area contributed by atoms with E-state index in [2.05, 4.69) is 6.92 Å². The molecule has 3 rings (SSSR count). The minimum Gasteiger partial charge on any atom is -0.327 e. The van der Waals surface area contributed by atoms with Crippen LogP contribution in [0.2, 0.25) is 0 Å². The van der Waals surface area contributed by atoms with Crippen molar-refractivity contribution < 1.29 is 0 Å². The van der Waals surface area contributed by atoms with Gasteiger partial charge in [-0.2, -0.15) is 0 Å². The maximum Gasteiger partial charge on any atom is 0.0127 e. The molecular formula is C15H27N. The van der Waals surface area contributed by atoms with Gasteiger partial charge in [-0.1, -0.05) is 32.6 Å². The Morgan fingerprint density at radius 3 is 2.81 bits per heavy atom. The van der Waals surface area contributed by atoms with Crippen molar-refractivity contribution in [1.82, 2.24) is 0 Å². The van der Waals surface area contributed by atoms with Crippen LogP contribution in [0.25, 0.3) is 0 Å². The van der Waals surface area contributed by atoms with E-state index in [9.17, 15) is 0 Å². The van der Waals surface area contributed by atoms with E-state index in [1.807, 2.05) is 0 Å². The standard InChI is InChI=1S/C15H27N/c1-2-4-11-5-3-8-15(10-11)13-7-6-12(9-13)14(15)16/h11-14H,2-10,16H2,1H3/t11-,12?,13-,14+,15+/m0/s1. The zero-order chi connectivity index (χ0) is 11.2. The van der Waals surface area contributed by atoms with Gasteiger partial charge in [-0.05, 0) is 55.3 Å². The molecule has 1 heteroatoms. The lowest BCUT2D eigenvalue weighted by Gasteiger charge is -2.48. The Kier molecular flexibility index (Phi) is 2.78. The van der Waals surface area contributed by atoms with Crippen molar-refractivity contribution >= 4 is 0 Å². The fraction of sp³-hybridized carbons (Fsp3) is 1.00. The van der Waals surface area contributed by atoms with E-state index in [0.717, 1.165) is 17.8 Å². The lowest BCUT2D eigenvalue weighted by molar-refractivity contribution is 0.0456. The molecule has 2 N–H and O–H groups in total. The summed E-state index contributed by atoms with van der Waals surface area (Å²) in [5, 5.41) is 0. The van der Waals surface area contributed by atoms with Crippen LogP contribution >= 0.6 is 0 Å². The van der Waals surface area contributed by atoms with E-state index in [1.54, 1.807) is 0 Å². The van der Waals surface area contributed by atoms with Crippen molar-refractivity contribution in [3.05, 3.63) is 0 Å². The molecule has 1 unspecified atom stereocenters. The molecule has 0 amide bonds. The molecule has 3 aliphatic rings. The second kappa shape index (κ2) is 4.01. The van der Waals surface area contributed by atoms with Crippen molar-refractivity contribution in [3.63, 3.8) is 0 Å². The zero-order valence-corrected chi connectivity index (χ0v) is 10.8. The Morgan fingerprint density at radius 1 is 1.25 bits per heavy atom. The third-order valence-electron chi connectivity index (χ3n) is 6.08. The Morgan fingerprint density at radius 2 is 2.12 bits per heavy atom. The number of hydrogen-bond acceptors (Lipinski definition) is 1. The maximum atomic E-state index is 6.59. The summed E-state index contributed by atoms with van der Waals surface area (Å²) in [6, 6.07) is 0.561. The molecule has 0 aromatic heterocycles. The summed E-state index contributed by atoms with van der Waals surface area (Å²) >= 11 is 0. The summed E-state index contributed by atoms with van der Waals surface area (Å²) in [5.74, 6) is 2.90. The lowest BCUT2D eigenvalue weighted by atomic mass is 9.59. The molecule has 3 saturated carbocycles. The first kappa shape index (κ1) is 11.1. The SMILES string of the molecule is CCC[C@H]1CCC[C@@]2(C1)[C@H]1CCC(C1)[C@H]2N. The Labute approximate surface area is 100 Å². The largest absolute Gasteiger partial charge is 0.327 e. The fourth-order valence-corrected chi connectivity index (χ4v) is 5.40. The van der Waals surface area contributed by atoms with Gasteiger partial charge >= 0.3 is 0 Å². The lowest BCUT2D eigenvalue weighted by Crippen LogP contribution is -2.48. The minimum absolute atomic E-state index is 0.561. The topological polar surface area (TPSA) is 26.0 Å². The predicted octanol–water partition coefficient (Wildman–Crippen LogP) is 3.72. The summed E-state index contributed by atoms with van der Waals surface area (Å²) < 4.78 is 0. The molecule has 3 aliphatic carbocycles. The molecule has 0 saturated heterocycles. The number of fused-ring (bicyclic) bond motifs is 3. The van der Waals surface area contributed by atoms with Crippen molar-refractivity contribution in [2.75, 3.05) is 0 Å². The van der Waals surface area contributed by atoms with Gasteiger partial charge in [0.2, 0.25) is 0 Å². The highest BCUT2D eigenvalue weighted by Crippen LogP contribution is 2.62. The van der Waals surface area contributed by atoms with Crippen molar-refractivity contribution in [1.29, 1.82) is 0 Å². The minimum atomic E-state index is 0.561. The smallest absolute Gasteiger partial charge is 0.0127 e. The quantitative estimate of drug-likeness (QED) is 0.755. The Balaban J connectivity index is 1.77. The first-order valence-corrected chi connectivity index (χ1v) is 7.52. The van der Waals surface area contributed by atoms with Crippen molar-refractivity contribution in [3.8, 4) is 0 Å². The van der Waals surface area contributed by atoms with Crippen LogP contribution in [0.1, 0.15) is 64.7 Å². The molecule has 16 heavy (non-hydrogen) atoms. The van der Waals surface area contributed by atoms with Gasteiger partial charge in [0.05, 0.1) is 0 Å². The van der Waals surface area contributed by atoms with Gasteiger partial charge in [-0.15, -0.1) is 0 Å². The number of hydrogen-bond donors (Lipinski definition) is 1. The third kappa shape index (κ3) is 1.47. The molecule has 0 aromatic carbocycles. The number of rotatable bonds is 2. The zero-order valence-electron chi connectivity index (χ0n) is 10.8. The molecule has 5 atom stereocenters. The van der Waals surface area contributed by atoms with E-state index in [1.165, 1.54) is 57.8 Å². The monoisotopic (exact) mass is 221 g/mol. The molecule has 92 valence electrons. The fourth-order valence-electron chi connectivity index (χ4n) is 5.40. The van der Waals surface area contributed by atoms with Crippen molar-refractivity contribution in [2.24, 2.45) is 28.9 Å². The van der Waals surface area contributed by atoms with Crippen LogP contribution in [0.4, 0.5) is 0 Å². The molecule has 2 bridgehead atoms. The average Bonchev–Trinajstić information content (AvgIpc) is 2.84. The highest BCUT2D eigenvalue weighted by molar-refractivity contribution is 5.09.